The molecule has 1 N–H and O–H groups in total. The Bertz CT molecular complexity index is 445. The first kappa shape index (κ1) is 16.3. The van der Waals surface area contributed by atoms with Gasteiger partial charge in [-0.2, -0.15) is 0 Å². The number of piperazine rings is 1. The van der Waals surface area contributed by atoms with Crippen LogP contribution in [0.1, 0.15) is 6.42 Å². The Morgan fingerprint density at radius 1 is 1.19 bits per heavy atom. The Labute approximate surface area is 133 Å². The van der Waals surface area contributed by atoms with Crippen molar-refractivity contribution in [3.63, 3.8) is 0 Å². The van der Waals surface area contributed by atoms with E-state index in [0.717, 1.165) is 36.4 Å². The van der Waals surface area contributed by atoms with Gasteiger partial charge in [-0.15, -0.1) is 0 Å². The minimum absolute atomic E-state index is 0.135. The van der Waals surface area contributed by atoms with Crippen molar-refractivity contribution < 1.29 is 14.6 Å². The maximum atomic E-state index is 12.1. The van der Waals surface area contributed by atoms with Crippen molar-refractivity contribution in [2.24, 2.45) is 0 Å². The Kier molecular flexibility index (Phi) is 6.48. The van der Waals surface area contributed by atoms with Crippen LogP contribution in [0.5, 0.6) is 5.75 Å². The van der Waals surface area contributed by atoms with Gasteiger partial charge >= 0.3 is 0 Å². The summed E-state index contributed by atoms with van der Waals surface area (Å²) in [5.41, 5.74) is 0. The number of rotatable bonds is 6. The molecule has 0 bridgehead atoms. The van der Waals surface area contributed by atoms with E-state index in [1.54, 1.807) is 0 Å². The zero-order chi connectivity index (χ0) is 15.1. The largest absolute Gasteiger partial charge is 0.493 e. The number of ether oxygens (including phenoxy) is 1. The molecule has 0 atom stereocenters. The number of hydrogen-bond donors (Lipinski definition) is 1. The molecule has 1 heterocycles. The van der Waals surface area contributed by atoms with Gasteiger partial charge in [0, 0.05) is 37.2 Å². The van der Waals surface area contributed by atoms with Crippen LogP contribution >= 0.6 is 15.9 Å². The third-order valence-corrected chi connectivity index (χ3v) is 4.07. The second-order valence-electron chi connectivity index (χ2n) is 5.00. The van der Waals surface area contributed by atoms with Gasteiger partial charge in [-0.25, -0.2) is 0 Å². The van der Waals surface area contributed by atoms with Crippen LogP contribution in [0, 0.1) is 0 Å². The fraction of sp³-hybridized carbons (Fsp3) is 0.533. The van der Waals surface area contributed by atoms with Crippen molar-refractivity contribution >= 4 is 21.8 Å². The third kappa shape index (κ3) is 5.30. The molecule has 0 aliphatic carbocycles. The molecule has 0 saturated carbocycles. The molecule has 0 radical (unpaired) electrons. The summed E-state index contributed by atoms with van der Waals surface area (Å²) in [7, 11) is 0. The van der Waals surface area contributed by atoms with E-state index in [9.17, 15) is 4.79 Å². The van der Waals surface area contributed by atoms with Gasteiger partial charge in [0.2, 0.25) is 5.91 Å². The number of nitrogens with zero attached hydrogens (tertiary/aromatic N) is 2. The number of β-amino-alcohol motifs (C(OH)–C–C–N with tert-alkyl or cyclic N) is 1. The lowest BCUT2D eigenvalue weighted by atomic mass is 10.3. The number of amides is 1. The summed E-state index contributed by atoms with van der Waals surface area (Å²) in [5.74, 6) is 0.912. The van der Waals surface area contributed by atoms with Gasteiger partial charge in [0.25, 0.3) is 0 Å². The molecule has 1 saturated heterocycles. The van der Waals surface area contributed by atoms with E-state index in [1.165, 1.54) is 0 Å². The molecule has 6 heteroatoms. The lowest BCUT2D eigenvalue weighted by molar-refractivity contribution is -0.133. The molecular weight excluding hydrogens is 336 g/mol. The minimum atomic E-state index is 0.135. The normalized spacial score (nSPS) is 16.0. The van der Waals surface area contributed by atoms with E-state index in [4.69, 9.17) is 9.84 Å². The number of hydrogen-bond acceptors (Lipinski definition) is 4. The van der Waals surface area contributed by atoms with Crippen LogP contribution in [0.15, 0.2) is 28.7 Å². The standard InChI is InChI=1S/C15H21BrN2O3/c16-13-1-3-14(4-2-13)21-12-5-15(20)18-8-6-17(7-9-18)10-11-19/h1-4,19H,5-12H2. The van der Waals surface area contributed by atoms with Gasteiger partial charge in [0.05, 0.1) is 19.6 Å². The number of aliphatic hydroxyl groups excluding tert-OH is 1. The fourth-order valence-corrected chi connectivity index (χ4v) is 2.57. The summed E-state index contributed by atoms with van der Waals surface area (Å²) in [6.45, 7) is 4.40. The first-order valence-corrected chi connectivity index (χ1v) is 7.97. The summed E-state index contributed by atoms with van der Waals surface area (Å²) >= 11 is 3.37. The van der Waals surface area contributed by atoms with Crippen LogP contribution in [-0.4, -0.2) is 66.8 Å². The van der Waals surface area contributed by atoms with Crippen molar-refractivity contribution in [3.05, 3.63) is 28.7 Å². The number of halogens is 1. The van der Waals surface area contributed by atoms with E-state index in [0.29, 0.717) is 19.6 Å². The highest BCUT2D eigenvalue weighted by Crippen LogP contribution is 2.16. The number of benzene rings is 1. The minimum Gasteiger partial charge on any atom is -0.493 e. The van der Waals surface area contributed by atoms with Gasteiger partial charge in [0.15, 0.2) is 0 Å². The zero-order valence-corrected chi connectivity index (χ0v) is 13.6. The second-order valence-corrected chi connectivity index (χ2v) is 5.91. The monoisotopic (exact) mass is 356 g/mol. The van der Waals surface area contributed by atoms with Crippen molar-refractivity contribution in [1.82, 2.24) is 9.80 Å². The molecule has 1 aliphatic rings. The van der Waals surface area contributed by atoms with Crippen LogP contribution in [-0.2, 0) is 4.79 Å². The van der Waals surface area contributed by atoms with Crippen LogP contribution in [0.3, 0.4) is 0 Å². The average Bonchev–Trinajstić information content (AvgIpc) is 2.50. The first-order chi connectivity index (χ1) is 10.2. The summed E-state index contributed by atoms with van der Waals surface area (Å²) in [5, 5.41) is 8.89. The fourth-order valence-electron chi connectivity index (χ4n) is 2.31. The number of carbonyl (C=O) groups is 1. The highest BCUT2D eigenvalue weighted by atomic mass is 79.9. The van der Waals surface area contributed by atoms with Crippen LogP contribution < -0.4 is 4.74 Å². The van der Waals surface area contributed by atoms with Gasteiger partial charge < -0.3 is 14.7 Å². The highest BCUT2D eigenvalue weighted by molar-refractivity contribution is 9.10. The maximum absolute atomic E-state index is 12.1. The van der Waals surface area contributed by atoms with Crippen LogP contribution in [0.25, 0.3) is 0 Å². The van der Waals surface area contributed by atoms with Crippen molar-refractivity contribution in [2.45, 2.75) is 6.42 Å². The molecular formula is C15H21BrN2O3. The second kappa shape index (κ2) is 8.36. The lowest BCUT2D eigenvalue weighted by Gasteiger charge is -2.34. The predicted octanol–water partition coefficient (Wildman–Crippen LogP) is 1.35. The molecule has 1 aliphatic heterocycles. The molecule has 2 rings (SSSR count). The zero-order valence-electron chi connectivity index (χ0n) is 12.0. The Hall–Kier alpha value is -1.11. The van der Waals surface area contributed by atoms with Gasteiger partial charge in [-0.3, -0.25) is 9.69 Å². The van der Waals surface area contributed by atoms with Gasteiger partial charge in [-0.1, -0.05) is 15.9 Å². The molecule has 0 spiro atoms. The van der Waals surface area contributed by atoms with Gasteiger partial charge in [0.1, 0.15) is 5.75 Å². The molecule has 0 aromatic heterocycles. The van der Waals surface area contributed by atoms with Crippen molar-refractivity contribution in [2.75, 3.05) is 45.9 Å². The molecule has 1 amide bonds. The van der Waals surface area contributed by atoms with Crippen LogP contribution in [0.2, 0.25) is 0 Å². The smallest absolute Gasteiger partial charge is 0.226 e. The maximum Gasteiger partial charge on any atom is 0.226 e. The first-order valence-electron chi connectivity index (χ1n) is 7.18. The molecule has 1 aromatic rings. The summed E-state index contributed by atoms with van der Waals surface area (Å²) in [6.07, 6.45) is 0.399. The quantitative estimate of drug-likeness (QED) is 0.835. The Morgan fingerprint density at radius 3 is 2.48 bits per heavy atom. The molecule has 5 nitrogen and oxygen atoms in total. The summed E-state index contributed by atoms with van der Waals surface area (Å²) in [6, 6.07) is 7.58. The van der Waals surface area contributed by atoms with Crippen molar-refractivity contribution in [1.29, 1.82) is 0 Å². The van der Waals surface area contributed by atoms with E-state index >= 15 is 0 Å². The van der Waals surface area contributed by atoms with E-state index in [-0.39, 0.29) is 12.5 Å². The molecule has 116 valence electrons. The van der Waals surface area contributed by atoms with Crippen molar-refractivity contribution in [3.8, 4) is 5.75 Å². The lowest BCUT2D eigenvalue weighted by Crippen LogP contribution is -2.49. The topological polar surface area (TPSA) is 53.0 Å². The summed E-state index contributed by atoms with van der Waals surface area (Å²) < 4.78 is 6.58. The van der Waals surface area contributed by atoms with Gasteiger partial charge in [-0.05, 0) is 24.3 Å². The third-order valence-electron chi connectivity index (χ3n) is 3.54. The van der Waals surface area contributed by atoms with Crippen LogP contribution in [0.4, 0.5) is 0 Å². The molecule has 21 heavy (non-hydrogen) atoms. The molecule has 1 aromatic carbocycles. The van der Waals surface area contributed by atoms with E-state index in [2.05, 4.69) is 20.8 Å². The average molecular weight is 357 g/mol. The highest BCUT2D eigenvalue weighted by Gasteiger charge is 2.20. The summed E-state index contributed by atoms with van der Waals surface area (Å²) in [4.78, 5) is 16.1. The van der Waals surface area contributed by atoms with E-state index in [1.807, 2.05) is 29.2 Å². The SMILES string of the molecule is O=C(CCOc1ccc(Br)cc1)N1CCN(CCO)CC1. The number of carbonyl (C=O) groups excluding carboxylic acids is 1. The Morgan fingerprint density at radius 2 is 1.86 bits per heavy atom. The predicted molar refractivity (Wildman–Crippen MR) is 84.4 cm³/mol. The van der Waals surface area contributed by atoms with E-state index < -0.39 is 0 Å². The Balaban J connectivity index is 1.67. The number of aliphatic hydroxyl groups is 1. The molecule has 0 unspecified atom stereocenters. The molecule has 1 fully saturated rings.